The van der Waals surface area contributed by atoms with Crippen LogP contribution in [0.15, 0.2) is 97.1 Å². The average molecular weight is 1160 g/mol. The molecule has 8 rings (SSSR count). The zero-order valence-corrected chi connectivity index (χ0v) is 47.6. The summed E-state index contributed by atoms with van der Waals surface area (Å²) in [4.78, 5) is 99.8. The lowest BCUT2D eigenvalue weighted by molar-refractivity contribution is -0.149. The second-order valence-corrected chi connectivity index (χ2v) is 22.7. The fourth-order valence-electron chi connectivity index (χ4n) is 11.0. The zero-order chi connectivity index (χ0) is 60.1. The lowest BCUT2D eigenvalue weighted by Gasteiger charge is -2.44. The monoisotopic (exact) mass is 1160 g/mol. The van der Waals surface area contributed by atoms with Crippen molar-refractivity contribution in [3.8, 4) is 0 Å². The van der Waals surface area contributed by atoms with Crippen LogP contribution in [0.1, 0.15) is 82.6 Å². The van der Waals surface area contributed by atoms with E-state index in [-0.39, 0.29) is 87.3 Å². The maximum atomic E-state index is 14.2. The van der Waals surface area contributed by atoms with Crippen LogP contribution in [0.4, 0.5) is 22.4 Å². The molecule has 448 valence electrons. The minimum atomic E-state index is -1.71. The predicted molar refractivity (Wildman–Crippen MR) is 298 cm³/mol. The minimum Gasteiger partial charge on any atom is -0.444 e. The van der Waals surface area contributed by atoms with Gasteiger partial charge in [-0.25, -0.2) is 22.4 Å². The SMILES string of the molecule is CCCN1CC(C(=O)NC(Cc2cc(F)cc(F)c2)[C@H](O)[C@@H]2NCCN(Cc3ccccc3)C2=O)CC1=O.CCCN1CC(C(=O)NC(Cc2cc(F)cc(F)c2)[C@H](O)[C@H]2C(=O)N(Cc3ccccc3)CCN2C(=O)OC(C)(C)C)CC1=O. The highest BCUT2D eigenvalue weighted by atomic mass is 19.1. The Bertz CT molecular complexity index is 2880. The second-order valence-electron chi connectivity index (χ2n) is 22.7. The third-order valence-electron chi connectivity index (χ3n) is 15.0. The zero-order valence-electron chi connectivity index (χ0n) is 47.6. The topological polar surface area (TPSA) is 221 Å². The molecule has 7 amide bonds. The van der Waals surface area contributed by atoms with Gasteiger partial charge in [0, 0.05) is 90.4 Å². The minimum absolute atomic E-state index is 0.0273. The summed E-state index contributed by atoms with van der Waals surface area (Å²) in [6, 6.07) is 19.8. The van der Waals surface area contributed by atoms with Gasteiger partial charge >= 0.3 is 6.09 Å². The highest BCUT2D eigenvalue weighted by molar-refractivity contribution is 5.91. The number of nitrogens with zero attached hydrogens (tertiary/aromatic N) is 5. The Morgan fingerprint density at radius 1 is 0.602 bits per heavy atom. The fourth-order valence-corrected chi connectivity index (χ4v) is 11.0. The summed E-state index contributed by atoms with van der Waals surface area (Å²) >= 11 is 0. The maximum absolute atomic E-state index is 14.2. The van der Waals surface area contributed by atoms with Crippen LogP contribution in [0.25, 0.3) is 0 Å². The normalized spacial score (nSPS) is 20.8. The van der Waals surface area contributed by atoms with Gasteiger partial charge in [0.25, 0.3) is 0 Å². The molecule has 22 heteroatoms. The number of halogens is 4. The summed E-state index contributed by atoms with van der Waals surface area (Å²) in [5, 5.41) is 31.9. The number of benzene rings is 4. The van der Waals surface area contributed by atoms with Crippen LogP contribution in [-0.4, -0.2) is 171 Å². The van der Waals surface area contributed by atoms with Crippen LogP contribution >= 0.6 is 0 Å². The smallest absolute Gasteiger partial charge is 0.411 e. The van der Waals surface area contributed by atoms with Gasteiger partial charge in [-0.15, -0.1) is 0 Å². The van der Waals surface area contributed by atoms with Crippen LogP contribution in [0, 0.1) is 35.1 Å². The Kier molecular flexibility index (Phi) is 21.8. The molecular formula is C61H76F4N8O10. The Morgan fingerprint density at radius 3 is 1.47 bits per heavy atom. The Morgan fingerprint density at radius 2 is 1.04 bits per heavy atom. The molecule has 18 nitrogen and oxygen atoms in total. The third-order valence-corrected chi connectivity index (χ3v) is 15.0. The molecule has 0 bridgehead atoms. The van der Waals surface area contributed by atoms with Gasteiger partial charge in [0.1, 0.15) is 47.1 Å². The molecule has 0 spiro atoms. The molecule has 4 aromatic carbocycles. The van der Waals surface area contributed by atoms with Crippen molar-refractivity contribution in [2.45, 2.75) is 128 Å². The molecule has 4 heterocycles. The molecule has 0 aromatic heterocycles. The summed E-state index contributed by atoms with van der Waals surface area (Å²) in [5.41, 5.74) is 1.24. The van der Waals surface area contributed by atoms with E-state index in [2.05, 4.69) is 16.0 Å². The molecule has 0 saturated carbocycles. The first-order chi connectivity index (χ1) is 39.5. The van der Waals surface area contributed by atoms with Crippen molar-refractivity contribution in [1.82, 2.24) is 40.4 Å². The number of aliphatic hydroxyl groups excluding tert-OH is 2. The van der Waals surface area contributed by atoms with E-state index in [1.165, 1.54) is 4.90 Å². The Hall–Kier alpha value is -7.43. The van der Waals surface area contributed by atoms with Crippen molar-refractivity contribution >= 4 is 41.5 Å². The van der Waals surface area contributed by atoms with E-state index in [0.717, 1.165) is 59.2 Å². The molecule has 4 saturated heterocycles. The van der Waals surface area contributed by atoms with E-state index in [4.69, 9.17) is 4.74 Å². The van der Waals surface area contributed by atoms with Gasteiger partial charge in [-0.05, 0) is 93.0 Å². The first kappa shape index (κ1) is 63.2. The number of ether oxygens (including phenoxy) is 1. The lowest BCUT2D eigenvalue weighted by Crippen LogP contribution is -2.66. The van der Waals surface area contributed by atoms with Crippen LogP contribution in [0.2, 0.25) is 0 Å². The fraction of sp³-hybridized carbons (Fsp3) is 0.492. The molecular weight excluding hydrogens is 1080 g/mol. The number of carbonyl (C=O) groups excluding carboxylic acids is 7. The standard InChI is InChI=1S/C33H42F2N4O6.C28H34F2N4O4/c1-5-11-37-20-23(17-27(37)40)30(42)36-26(16-22-14-24(34)18-25(35)15-22)29(41)28-31(43)38(19-21-9-7-6-8-10-21)12-13-39(28)32(44)45-33(2,3)4;1-2-9-33-17-20(14-24(33)35)27(37)32-23(13-19-11-21(29)15-22(30)12-19)26(36)25-28(38)34(10-8-31-25)16-18-6-4-3-5-7-18/h6-10,14-15,18,23,26,28-29,41H,5,11-13,16-17,19-20H2,1-4H3,(H,36,42);3-7,11-12,15,20,23,25-26,31,36H,2,8-10,13-14,16-17H2,1H3,(H,32,37)/t23?,26?,28-,29-;20?,23?,25-,26-/m00/s1. The van der Waals surface area contributed by atoms with Gasteiger partial charge in [0.2, 0.25) is 35.4 Å². The summed E-state index contributed by atoms with van der Waals surface area (Å²) in [7, 11) is 0. The van der Waals surface area contributed by atoms with E-state index >= 15 is 0 Å². The van der Waals surface area contributed by atoms with Gasteiger partial charge in [-0.3, -0.25) is 33.7 Å². The first-order valence-electron chi connectivity index (χ1n) is 28.3. The van der Waals surface area contributed by atoms with Gasteiger partial charge in [-0.2, -0.15) is 0 Å². The van der Waals surface area contributed by atoms with Gasteiger partial charge in [0.15, 0.2) is 0 Å². The van der Waals surface area contributed by atoms with Crippen molar-refractivity contribution in [3.63, 3.8) is 0 Å². The second kappa shape index (κ2) is 28.7. The summed E-state index contributed by atoms with van der Waals surface area (Å²) in [6.45, 7) is 12.1. The van der Waals surface area contributed by atoms with E-state index < -0.39 is 101 Å². The first-order valence-corrected chi connectivity index (χ1v) is 28.3. The third kappa shape index (κ3) is 17.3. The maximum Gasteiger partial charge on any atom is 0.411 e. The van der Waals surface area contributed by atoms with Crippen molar-refractivity contribution in [3.05, 3.63) is 143 Å². The number of hydrogen-bond acceptors (Lipinski definition) is 11. The number of carbonyl (C=O) groups is 7. The van der Waals surface area contributed by atoms with Crippen LogP contribution in [-0.2, 0) is 59.4 Å². The molecule has 4 unspecified atom stereocenters. The molecule has 5 N–H and O–H groups in total. The Labute approximate surface area is 481 Å². The molecule has 83 heavy (non-hydrogen) atoms. The van der Waals surface area contributed by atoms with Crippen molar-refractivity contribution in [1.29, 1.82) is 0 Å². The predicted octanol–water partition coefficient (Wildman–Crippen LogP) is 4.87. The number of aliphatic hydroxyl groups is 2. The summed E-state index contributed by atoms with van der Waals surface area (Å²) in [6.07, 6.45) is -2.77. The number of amides is 7. The van der Waals surface area contributed by atoms with Crippen molar-refractivity contribution < 1.29 is 66.1 Å². The summed E-state index contributed by atoms with van der Waals surface area (Å²) in [5.74, 6) is -6.76. The van der Waals surface area contributed by atoms with E-state index in [0.29, 0.717) is 38.8 Å². The number of likely N-dealkylation sites (tertiary alicyclic amines) is 2. The molecule has 4 aliphatic rings. The van der Waals surface area contributed by atoms with E-state index in [1.54, 1.807) is 35.5 Å². The lowest BCUT2D eigenvalue weighted by atomic mass is 9.92. The average Bonchev–Trinajstić information content (AvgIpc) is 4.14. The number of hydrogen-bond donors (Lipinski definition) is 5. The largest absolute Gasteiger partial charge is 0.444 e. The van der Waals surface area contributed by atoms with Gasteiger partial charge in [0.05, 0.1) is 30.0 Å². The Balaban J connectivity index is 0.000000242. The number of nitrogens with one attached hydrogen (secondary N) is 3. The van der Waals surface area contributed by atoms with Gasteiger partial charge < -0.3 is 50.5 Å². The highest BCUT2D eigenvalue weighted by Crippen LogP contribution is 2.27. The van der Waals surface area contributed by atoms with Crippen LogP contribution < -0.4 is 16.0 Å². The van der Waals surface area contributed by atoms with E-state index in [9.17, 15) is 61.3 Å². The number of rotatable bonds is 20. The molecule has 0 radical (unpaired) electrons. The molecule has 0 aliphatic carbocycles. The molecule has 4 aliphatic heterocycles. The quantitative estimate of drug-likeness (QED) is 0.0752. The van der Waals surface area contributed by atoms with Crippen molar-refractivity contribution in [2.75, 3.05) is 52.4 Å². The van der Waals surface area contributed by atoms with Gasteiger partial charge in [-0.1, -0.05) is 74.5 Å². The number of piperazine rings is 2. The van der Waals surface area contributed by atoms with Crippen LogP contribution in [0.3, 0.4) is 0 Å². The van der Waals surface area contributed by atoms with Crippen LogP contribution in [0.5, 0.6) is 0 Å². The van der Waals surface area contributed by atoms with Crippen molar-refractivity contribution in [2.24, 2.45) is 11.8 Å². The molecule has 4 fully saturated rings. The molecule has 4 aromatic rings. The molecule has 8 atom stereocenters. The highest BCUT2D eigenvalue weighted by Gasteiger charge is 2.47. The van der Waals surface area contributed by atoms with E-state index in [1.807, 2.05) is 74.5 Å². The summed E-state index contributed by atoms with van der Waals surface area (Å²) < 4.78 is 61.8.